The third kappa shape index (κ3) is 3.90. The normalized spacial score (nSPS) is 23.5. The zero-order valence-electron chi connectivity index (χ0n) is 12.1. The van der Waals surface area contributed by atoms with Crippen molar-refractivity contribution in [3.05, 3.63) is 33.8 Å². The molecule has 4 nitrogen and oxygen atoms in total. The van der Waals surface area contributed by atoms with Crippen LogP contribution in [0.1, 0.15) is 12.0 Å². The van der Waals surface area contributed by atoms with E-state index in [1.54, 1.807) is 26.2 Å². The van der Waals surface area contributed by atoms with Crippen LogP contribution in [-0.2, 0) is 21.2 Å². The first kappa shape index (κ1) is 17.0. The molecule has 0 saturated carbocycles. The van der Waals surface area contributed by atoms with Crippen LogP contribution in [0.3, 0.4) is 0 Å². The second-order valence-corrected chi connectivity index (χ2v) is 8.64. The molecule has 0 aromatic heterocycles. The Morgan fingerprint density at radius 2 is 2.05 bits per heavy atom. The summed E-state index contributed by atoms with van der Waals surface area (Å²) in [4.78, 5) is 0. The van der Waals surface area contributed by atoms with Crippen molar-refractivity contribution in [1.29, 1.82) is 0 Å². The second kappa shape index (κ2) is 6.84. The SMILES string of the molecule is CN(C)S(=O)(=O)[C@@H]1CCOC[C@@H]1Cc1ccc(Cl)cc1Cl. The fraction of sp³-hybridized carbons (Fsp3) is 0.571. The highest BCUT2D eigenvalue weighted by molar-refractivity contribution is 7.89. The number of rotatable bonds is 4. The molecule has 1 saturated heterocycles. The summed E-state index contributed by atoms with van der Waals surface area (Å²) in [5, 5.41) is 0.697. The van der Waals surface area contributed by atoms with E-state index >= 15 is 0 Å². The predicted octanol–water partition coefficient (Wildman–Crippen LogP) is 2.83. The van der Waals surface area contributed by atoms with Crippen LogP contribution >= 0.6 is 23.2 Å². The minimum absolute atomic E-state index is 0.107. The molecule has 1 aliphatic heterocycles. The molecule has 1 aromatic rings. The minimum Gasteiger partial charge on any atom is -0.381 e. The van der Waals surface area contributed by atoms with Crippen LogP contribution in [-0.4, -0.2) is 45.3 Å². The topological polar surface area (TPSA) is 46.6 Å². The molecular weight excluding hydrogens is 333 g/mol. The van der Waals surface area contributed by atoms with Gasteiger partial charge in [0.15, 0.2) is 0 Å². The van der Waals surface area contributed by atoms with E-state index in [9.17, 15) is 8.42 Å². The Morgan fingerprint density at radius 3 is 2.67 bits per heavy atom. The zero-order chi connectivity index (χ0) is 15.6. The average molecular weight is 352 g/mol. The molecule has 1 aliphatic rings. The maximum Gasteiger partial charge on any atom is 0.216 e. The van der Waals surface area contributed by atoms with Crippen LogP contribution in [0.4, 0.5) is 0 Å². The van der Waals surface area contributed by atoms with Gasteiger partial charge in [0.25, 0.3) is 0 Å². The van der Waals surface area contributed by atoms with Crippen LogP contribution in [0.2, 0.25) is 10.0 Å². The van der Waals surface area contributed by atoms with Crippen molar-refractivity contribution in [2.24, 2.45) is 5.92 Å². The molecule has 2 atom stereocenters. The maximum absolute atomic E-state index is 12.4. The van der Waals surface area contributed by atoms with Crippen molar-refractivity contribution >= 4 is 33.2 Å². The van der Waals surface area contributed by atoms with E-state index in [1.807, 2.05) is 6.07 Å². The third-order valence-corrected chi connectivity index (χ3v) is 6.78. The quantitative estimate of drug-likeness (QED) is 0.837. The highest BCUT2D eigenvalue weighted by Gasteiger charge is 2.37. The summed E-state index contributed by atoms with van der Waals surface area (Å²) in [6.07, 6.45) is 1.07. The van der Waals surface area contributed by atoms with Gasteiger partial charge in [-0.25, -0.2) is 12.7 Å². The molecule has 1 fully saturated rings. The molecular formula is C14H19Cl2NO3S. The Hall–Kier alpha value is -0.330. The molecule has 0 N–H and O–H groups in total. The van der Waals surface area contributed by atoms with Gasteiger partial charge in [0, 0.05) is 36.7 Å². The molecule has 21 heavy (non-hydrogen) atoms. The smallest absolute Gasteiger partial charge is 0.216 e. The summed E-state index contributed by atoms with van der Waals surface area (Å²) in [6.45, 7) is 0.902. The van der Waals surface area contributed by atoms with Gasteiger partial charge in [0.05, 0.1) is 11.9 Å². The van der Waals surface area contributed by atoms with Crippen molar-refractivity contribution in [3.63, 3.8) is 0 Å². The number of nitrogens with zero attached hydrogens (tertiary/aromatic N) is 1. The molecule has 0 unspecified atom stereocenters. The molecule has 0 bridgehead atoms. The molecule has 118 valence electrons. The largest absolute Gasteiger partial charge is 0.381 e. The maximum atomic E-state index is 12.4. The Labute approximate surface area is 136 Å². The summed E-state index contributed by atoms with van der Waals surface area (Å²) >= 11 is 12.1. The van der Waals surface area contributed by atoms with Crippen LogP contribution in [0.25, 0.3) is 0 Å². The lowest BCUT2D eigenvalue weighted by molar-refractivity contribution is 0.0563. The van der Waals surface area contributed by atoms with Gasteiger partial charge < -0.3 is 4.74 Å². The summed E-state index contributed by atoms with van der Waals surface area (Å²) in [6, 6.07) is 5.29. The highest BCUT2D eigenvalue weighted by atomic mass is 35.5. The molecule has 2 rings (SSSR count). The van der Waals surface area contributed by atoms with E-state index < -0.39 is 15.3 Å². The van der Waals surface area contributed by atoms with Crippen molar-refractivity contribution in [2.45, 2.75) is 18.1 Å². The third-order valence-electron chi connectivity index (χ3n) is 3.79. The van der Waals surface area contributed by atoms with Gasteiger partial charge in [-0.3, -0.25) is 0 Å². The Kier molecular flexibility index (Phi) is 5.54. The van der Waals surface area contributed by atoms with E-state index in [0.29, 0.717) is 36.1 Å². The number of hydrogen-bond acceptors (Lipinski definition) is 3. The van der Waals surface area contributed by atoms with E-state index in [1.165, 1.54) is 4.31 Å². The number of sulfonamides is 1. The lowest BCUT2D eigenvalue weighted by atomic mass is 9.93. The van der Waals surface area contributed by atoms with Crippen LogP contribution < -0.4 is 0 Å². The zero-order valence-corrected chi connectivity index (χ0v) is 14.4. The first-order valence-corrected chi connectivity index (χ1v) is 9.01. The summed E-state index contributed by atoms with van der Waals surface area (Å²) < 4.78 is 31.6. The first-order valence-electron chi connectivity index (χ1n) is 6.75. The lowest BCUT2D eigenvalue weighted by Crippen LogP contribution is -2.44. The van der Waals surface area contributed by atoms with E-state index in [2.05, 4.69) is 0 Å². The summed E-state index contributed by atoms with van der Waals surface area (Å²) in [5.74, 6) is -0.107. The molecule has 1 aromatic carbocycles. The minimum atomic E-state index is -3.31. The molecule has 1 heterocycles. The standard InChI is InChI=1S/C14H19Cl2NO3S/c1-17(2)21(18,19)14-5-6-20-9-11(14)7-10-3-4-12(15)8-13(10)16/h3-4,8,11,14H,5-7,9H2,1-2H3/t11-,14+/m0/s1. The van der Waals surface area contributed by atoms with Gasteiger partial charge in [0.2, 0.25) is 10.0 Å². The Morgan fingerprint density at radius 1 is 1.33 bits per heavy atom. The van der Waals surface area contributed by atoms with Crippen molar-refractivity contribution in [3.8, 4) is 0 Å². The van der Waals surface area contributed by atoms with E-state index in [0.717, 1.165) is 5.56 Å². The van der Waals surface area contributed by atoms with Crippen LogP contribution in [0.15, 0.2) is 18.2 Å². The summed E-state index contributed by atoms with van der Waals surface area (Å²) in [7, 11) is -0.173. The predicted molar refractivity (Wildman–Crippen MR) is 85.5 cm³/mol. The highest BCUT2D eigenvalue weighted by Crippen LogP contribution is 2.30. The van der Waals surface area contributed by atoms with Gasteiger partial charge in [-0.2, -0.15) is 0 Å². The molecule has 0 amide bonds. The fourth-order valence-electron chi connectivity index (χ4n) is 2.60. The molecule has 7 heteroatoms. The monoisotopic (exact) mass is 351 g/mol. The van der Waals surface area contributed by atoms with Gasteiger partial charge >= 0.3 is 0 Å². The summed E-state index contributed by atoms with van der Waals surface area (Å²) in [5.41, 5.74) is 0.899. The molecule has 0 aliphatic carbocycles. The van der Waals surface area contributed by atoms with Gasteiger partial charge in [-0.05, 0) is 30.5 Å². The lowest BCUT2D eigenvalue weighted by Gasteiger charge is -2.33. The van der Waals surface area contributed by atoms with Gasteiger partial charge in [-0.1, -0.05) is 29.3 Å². The number of ether oxygens (including phenoxy) is 1. The second-order valence-electron chi connectivity index (χ2n) is 5.43. The average Bonchev–Trinajstić information content (AvgIpc) is 2.42. The number of hydrogen-bond donors (Lipinski definition) is 0. The number of halogens is 2. The Balaban J connectivity index is 2.23. The van der Waals surface area contributed by atoms with E-state index in [-0.39, 0.29) is 5.92 Å². The van der Waals surface area contributed by atoms with Crippen molar-refractivity contribution in [1.82, 2.24) is 4.31 Å². The van der Waals surface area contributed by atoms with Crippen LogP contribution in [0.5, 0.6) is 0 Å². The first-order chi connectivity index (χ1) is 9.82. The fourth-order valence-corrected chi connectivity index (χ4v) is 4.68. The van der Waals surface area contributed by atoms with Crippen LogP contribution in [0, 0.1) is 5.92 Å². The Bertz CT molecular complexity index is 604. The molecule has 0 spiro atoms. The van der Waals surface area contributed by atoms with Crippen molar-refractivity contribution < 1.29 is 13.2 Å². The van der Waals surface area contributed by atoms with Crippen molar-refractivity contribution in [2.75, 3.05) is 27.3 Å². The van der Waals surface area contributed by atoms with Gasteiger partial charge in [0.1, 0.15) is 0 Å². The van der Waals surface area contributed by atoms with E-state index in [4.69, 9.17) is 27.9 Å². The van der Waals surface area contributed by atoms with Gasteiger partial charge in [-0.15, -0.1) is 0 Å². The molecule has 0 radical (unpaired) electrons. The number of benzene rings is 1.